The van der Waals surface area contributed by atoms with Crippen LogP contribution < -0.4 is 5.73 Å². The molecule has 3 heteroatoms. The summed E-state index contributed by atoms with van der Waals surface area (Å²) in [6.45, 7) is 11.9. The number of esters is 1. The Balaban J connectivity index is 1.96. The van der Waals surface area contributed by atoms with Gasteiger partial charge in [-0.2, -0.15) is 0 Å². The minimum Gasteiger partial charge on any atom is -0.466 e. The molecular weight excluding hydrogens is 310 g/mol. The van der Waals surface area contributed by atoms with Crippen LogP contribution in [0, 0.1) is 29.1 Å². The third-order valence-corrected chi connectivity index (χ3v) is 7.74. The Bertz CT molecular complexity index is 447. The van der Waals surface area contributed by atoms with Gasteiger partial charge in [-0.25, -0.2) is 0 Å². The standard InChI is InChI=1S/C22H41NO2/c1-6-14-22(5,23)19-13-15-21(4)17(11-12-18(21)16(19)3)9-8-10-20(24)25-7-2/h16-19H,6-15,23H2,1-5H3. The molecule has 0 aromatic heterocycles. The number of carbonyl (C=O) groups is 1. The van der Waals surface area contributed by atoms with Crippen molar-refractivity contribution in [2.75, 3.05) is 6.61 Å². The first-order chi connectivity index (χ1) is 11.8. The van der Waals surface area contributed by atoms with Gasteiger partial charge < -0.3 is 10.5 Å². The zero-order valence-electron chi connectivity index (χ0n) is 17.3. The maximum absolute atomic E-state index is 11.6. The average molecular weight is 352 g/mol. The molecule has 2 aliphatic rings. The topological polar surface area (TPSA) is 52.3 Å². The van der Waals surface area contributed by atoms with Gasteiger partial charge in [0, 0.05) is 12.0 Å². The second-order valence-corrected chi connectivity index (χ2v) is 9.34. The van der Waals surface area contributed by atoms with Crippen molar-refractivity contribution in [2.45, 2.75) is 97.9 Å². The molecule has 0 spiro atoms. The molecule has 2 rings (SSSR count). The van der Waals surface area contributed by atoms with E-state index in [2.05, 4.69) is 27.7 Å². The second kappa shape index (κ2) is 8.41. The highest BCUT2D eigenvalue weighted by molar-refractivity contribution is 5.69. The summed E-state index contributed by atoms with van der Waals surface area (Å²) < 4.78 is 5.08. The molecule has 0 saturated heterocycles. The van der Waals surface area contributed by atoms with Crippen LogP contribution >= 0.6 is 0 Å². The summed E-state index contributed by atoms with van der Waals surface area (Å²) in [4.78, 5) is 11.6. The second-order valence-electron chi connectivity index (χ2n) is 9.34. The number of fused-ring (bicyclic) bond motifs is 1. The molecule has 25 heavy (non-hydrogen) atoms. The highest BCUT2D eigenvalue weighted by Crippen LogP contribution is 2.61. The highest BCUT2D eigenvalue weighted by atomic mass is 16.5. The molecule has 0 aromatic carbocycles. The Morgan fingerprint density at radius 3 is 2.64 bits per heavy atom. The smallest absolute Gasteiger partial charge is 0.305 e. The Kier molecular flexibility index (Phi) is 6.98. The van der Waals surface area contributed by atoms with E-state index < -0.39 is 0 Å². The first kappa shape index (κ1) is 20.7. The van der Waals surface area contributed by atoms with Crippen molar-refractivity contribution in [1.82, 2.24) is 0 Å². The summed E-state index contributed by atoms with van der Waals surface area (Å²) in [7, 11) is 0. The molecule has 2 aliphatic carbocycles. The molecule has 0 bridgehead atoms. The summed E-state index contributed by atoms with van der Waals surface area (Å²) in [5.74, 6) is 2.92. The van der Waals surface area contributed by atoms with Crippen molar-refractivity contribution in [3.8, 4) is 0 Å². The number of hydrogen-bond acceptors (Lipinski definition) is 3. The number of carbonyl (C=O) groups excluding carboxylic acids is 1. The van der Waals surface area contributed by atoms with Gasteiger partial charge in [0.2, 0.25) is 0 Å². The molecule has 0 radical (unpaired) electrons. The number of ether oxygens (including phenoxy) is 1. The average Bonchev–Trinajstić information content (AvgIpc) is 2.85. The van der Waals surface area contributed by atoms with E-state index in [1.54, 1.807) is 0 Å². The molecule has 3 nitrogen and oxygen atoms in total. The molecule has 0 heterocycles. The summed E-state index contributed by atoms with van der Waals surface area (Å²) in [5.41, 5.74) is 7.18. The summed E-state index contributed by atoms with van der Waals surface area (Å²) in [6.07, 6.45) is 10.3. The Hall–Kier alpha value is -0.570. The first-order valence-electron chi connectivity index (χ1n) is 10.7. The van der Waals surface area contributed by atoms with Gasteiger partial charge in [0.15, 0.2) is 0 Å². The normalized spacial score (nSPS) is 37.4. The fourth-order valence-corrected chi connectivity index (χ4v) is 6.46. The molecule has 2 N–H and O–H groups in total. The Morgan fingerprint density at radius 1 is 1.28 bits per heavy atom. The number of hydrogen-bond donors (Lipinski definition) is 1. The summed E-state index contributed by atoms with van der Waals surface area (Å²) in [5, 5.41) is 0. The fourth-order valence-electron chi connectivity index (χ4n) is 6.46. The number of nitrogens with two attached hydrogens (primary N) is 1. The quantitative estimate of drug-likeness (QED) is 0.602. The SMILES string of the molecule is CCCC(C)(N)C1CCC2(C)C(CCCC(=O)OCC)CCC2C1C. The van der Waals surface area contributed by atoms with Crippen molar-refractivity contribution in [1.29, 1.82) is 0 Å². The largest absolute Gasteiger partial charge is 0.466 e. The maximum atomic E-state index is 11.6. The minimum atomic E-state index is -0.0299. The lowest BCUT2D eigenvalue weighted by Crippen LogP contribution is -2.52. The van der Waals surface area contributed by atoms with Crippen molar-refractivity contribution in [3.63, 3.8) is 0 Å². The lowest BCUT2D eigenvalue weighted by molar-refractivity contribution is -0.143. The lowest BCUT2D eigenvalue weighted by Gasteiger charge is -2.52. The third kappa shape index (κ3) is 4.40. The predicted molar refractivity (Wildman–Crippen MR) is 104 cm³/mol. The maximum Gasteiger partial charge on any atom is 0.305 e. The van der Waals surface area contributed by atoms with Crippen LogP contribution in [0.3, 0.4) is 0 Å². The van der Waals surface area contributed by atoms with Gasteiger partial charge in [0.05, 0.1) is 6.61 Å². The van der Waals surface area contributed by atoms with Crippen LogP contribution in [0.1, 0.15) is 92.4 Å². The van der Waals surface area contributed by atoms with Crippen molar-refractivity contribution in [3.05, 3.63) is 0 Å². The van der Waals surface area contributed by atoms with Crippen LogP contribution in [-0.4, -0.2) is 18.1 Å². The van der Waals surface area contributed by atoms with E-state index >= 15 is 0 Å². The first-order valence-corrected chi connectivity index (χ1v) is 10.7. The van der Waals surface area contributed by atoms with Gasteiger partial charge in [-0.3, -0.25) is 4.79 Å². The van der Waals surface area contributed by atoms with E-state index in [1.807, 2.05) is 6.92 Å². The zero-order chi connectivity index (χ0) is 18.7. The Labute approximate surface area is 155 Å². The van der Waals surface area contributed by atoms with Crippen LogP contribution in [0.5, 0.6) is 0 Å². The summed E-state index contributed by atoms with van der Waals surface area (Å²) >= 11 is 0. The molecule has 6 unspecified atom stereocenters. The van der Waals surface area contributed by atoms with E-state index in [0.717, 1.165) is 30.6 Å². The van der Waals surface area contributed by atoms with Crippen molar-refractivity contribution >= 4 is 5.97 Å². The van der Waals surface area contributed by atoms with Crippen LogP contribution in [0.2, 0.25) is 0 Å². The van der Waals surface area contributed by atoms with Crippen LogP contribution in [-0.2, 0) is 9.53 Å². The lowest BCUT2D eigenvalue weighted by atomic mass is 9.54. The van der Waals surface area contributed by atoms with E-state index in [1.165, 1.54) is 38.5 Å². The van der Waals surface area contributed by atoms with E-state index in [4.69, 9.17) is 10.5 Å². The third-order valence-electron chi connectivity index (χ3n) is 7.74. The molecule has 0 amide bonds. The molecule has 0 aromatic rings. The zero-order valence-corrected chi connectivity index (χ0v) is 17.3. The molecule has 2 fully saturated rings. The van der Waals surface area contributed by atoms with Crippen LogP contribution in [0.25, 0.3) is 0 Å². The highest BCUT2D eigenvalue weighted by Gasteiger charge is 2.54. The minimum absolute atomic E-state index is 0.0164. The number of rotatable bonds is 8. The Morgan fingerprint density at radius 2 is 2.00 bits per heavy atom. The van der Waals surface area contributed by atoms with E-state index in [-0.39, 0.29) is 11.5 Å². The summed E-state index contributed by atoms with van der Waals surface area (Å²) in [6, 6.07) is 0. The van der Waals surface area contributed by atoms with Crippen molar-refractivity contribution < 1.29 is 9.53 Å². The molecule has 146 valence electrons. The molecule has 2 saturated carbocycles. The van der Waals surface area contributed by atoms with Crippen LogP contribution in [0.15, 0.2) is 0 Å². The van der Waals surface area contributed by atoms with Crippen molar-refractivity contribution in [2.24, 2.45) is 34.8 Å². The van der Waals surface area contributed by atoms with Gasteiger partial charge in [0.1, 0.15) is 0 Å². The predicted octanol–water partition coefficient (Wildman–Crippen LogP) is 5.32. The molecule has 0 aliphatic heterocycles. The van der Waals surface area contributed by atoms with Gasteiger partial charge in [0.25, 0.3) is 0 Å². The van der Waals surface area contributed by atoms with E-state index in [9.17, 15) is 4.79 Å². The molecule has 6 atom stereocenters. The van der Waals surface area contributed by atoms with E-state index in [0.29, 0.717) is 24.4 Å². The van der Waals surface area contributed by atoms with Gasteiger partial charge in [-0.15, -0.1) is 0 Å². The monoisotopic (exact) mass is 351 g/mol. The van der Waals surface area contributed by atoms with Gasteiger partial charge in [-0.05, 0) is 87.9 Å². The fraction of sp³-hybridized carbons (Fsp3) is 0.955. The van der Waals surface area contributed by atoms with Gasteiger partial charge in [-0.1, -0.05) is 27.2 Å². The molecular formula is C22H41NO2. The van der Waals surface area contributed by atoms with Gasteiger partial charge >= 0.3 is 5.97 Å². The van der Waals surface area contributed by atoms with Crippen LogP contribution in [0.4, 0.5) is 0 Å².